The van der Waals surface area contributed by atoms with Crippen molar-refractivity contribution in [2.75, 3.05) is 0 Å². The van der Waals surface area contributed by atoms with Crippen molar-refractivity contribution >= 4 is 27.3 Å². The smallest absolute Gasteiger partial charge is 0.126 e. The van der Waals surface area contributed by atoms with E-state index < -0.39 is 5.54 Å². The second kappa shape index (κ2) is 5.51. The molecule has 0 aliphatic heterocycles. The quantitative estimate of drug-likeness (QED) is 0.896. The van der Waals surface area contributed by atoms with Crippen LogP contribution in [-0.4, -0.2) is 5.54 Å². The molecule has 1 aromatic heterocycles. The molecular weight excluding hydrogens is 313 g/mol. The molecule has 2 N–H and O–H groups in total. The zero-order valence-corrected chi connectivity index (χ0v) is 12.5. The first-order valence-corrected chi connectivity index (χ1v) is 7.39. The zero-order valence-electron chi connectivity index (χ0n) is 10.1. The second-order valence-corrected chi connectivity index (χ2v) is 6.65. The molecule has 1 unspecified atom stereocenters. The van der Waals surface area contributed by atoms with E-state index in [0.29, 0.717) is 12.0 Å². The van der Waals surface area contributed by atoms with Crippen LogP contribution in [0.4, 0.5) is 4.39 Å². The summed E-state index contributed by atoms with van der Waals surface area (Å²) in [6.45, 7) is 1.96. The molecule has 0 aliphatic rings. The third-order valence-corrected chi connectivity index (χ3v) is 4.73. The van der Waals surface area contributed by atoms with Gasteiger partial charge in [0.25, 0.3) is 0 Å². The molecule has 0 radical (unpaired) electrons. The summed E-state index contributed by atoms with van der Waals surface area (Å²) in [4.78, 5) is 1.20. The Hall–Kier alpha value is -0.710. The predicted octanol–water partition coefficient (Wildman–Crippen LogP) is 4.15. The molecule has 1 atom stereocenters. The standard InChI is InChI=1S/C14H15BrFNS/c1-14(17,9-13-11(15)6-7-18-13)8-10-4-2-3-5-12(10)16/h2-7H,8-9,17H2,1H3. The average molecular weight is 328 g/mol. The molecule has 0 spiro atoms. The molecule has 0 saturated heterocycles. The normalized spacial score (nSPS) is 14.4. The summed E-state index contributed by atoms with van der Waals surface area (Å²) in [5.74, 6) is -0.181. The molecule has 0 fully saturated rings. The topological polar surface area (TPSA) is 26.0 Å². The average Bonchev–Trinajstić information content (AvgIpc) is 2.67. The Morgan fingerprint density at radius 3 is 2.61 bits per heavy atom. The minimum absolute atomic E-state index is 0.181. The van der Waals surface area contributed by atoms with Crippen LogP contribution in [0.2, 0.25) is 0 Å². The first kappa shape index (κ1) is 13.7. The van der Waals surface area contributed by atoms with E-state index in [1.54, 1.807) is 23.5 Å². The van der Waals surface area contributed by atoms with Crippen molar-refractivity contribution < 1.29 is 4.39 Å². The van der Waals surface area contributed by atoms with E-state index in [2.05, 4.69) is 15.9 Å². The van der Waals surface area contributed by atoms with Crippen LogP contribution in [0, 0.1) is 5.82 Å². The number of rotatable bonds is 4. The highest BCUT2D eigenvalue weighted by molar-refractivity contribution is 9.10. The lowest BCUT2D eigenvalue weighted by Gasteiger charge is -2.24. The molecule has 2 rings (SSSR count). The summed E-state index contributed by atoms with van der Waals surface area (Å²) in [6, 6.07) is 8.83. The molecule has 1 aromatic carbocycles. The fourth-order valence-electron chi connectivity index (χ4n) is 1.96. The fraction of sp³-hybridized carbons (Fsp3) is 0.286. The van der Waals surface area contributed by atoms with Gasteiger partial charge in [-0.2, -0.15) is 0 Å². The number of hydrogen-bond acceptors (Lipinski definition) is 2. The number of nitrogens with two attached hydrogens (primary N) is 1. The van der Waals surface area contributed by atoms with Crippen LogP contribution in [0.15, 0.2) is 40.2 Å². The van der Waals surface area contributed by atoms with Crippen LogP contribution < -0.4 is 5.73 Å². The largest absolute Gasteiger partial charge is 0.325 e. The molecular formula is C14H15BrFNS. The van der Waals surface area contributed by atoms with Gasteiger partial charge in [-0.05, 0) is 52.4 Å². The van der Waals surface area contributed by atoms with Crippen LogP contribution in [0.1, 0.15) is 17.4 Å². The Labute approximate surface area is 119 Å². The molecule has 0 aliphatic carbocycles. The van der Waals surface area contributed by atoms with Gasteiger partial charge in [0.15, 0.2) is 0 Å². The van der Waals surface area contributed by atoms with Gasteiger partial charge in [0.2, 0.25) is 0 Å². The maximum atomic E-state index is 13.6. The molecule has 96 valence electrons. The highest BCUT2D eigenvalue weighted by atomic mass is 79.9. The van der Waals surface area contributed by atoms with Gasteiger partial charge in [0.1, 0.15) is 5.82 Å². The van der Waals surface area contributed by atoms with Crippen molar-refractivity contribution in [3.05, 3.63) is 56.4 Å². The molecule has 18 heavy (non-hydrogen) atoms. The van der Waals surface area contributed by atoms with Crippen molar-refractivity contribution in [2.45, 2.75) is 25.3 Å². The van der Waals surface area contributed by atoms with Crippen molar-refractivity contribution in [1.29, 1.82) is 0 Å². The summed E-state index contributed by atoms with van der Waals surface area (Å²) >= 11 is 5.17. The lowest BCUT2D eigenvalue weighted by atomic mass is 9.90. The van der Waals surface area contributed by atoms with Crippen molar-refractivity contribution in [3.63, 3.8) is 0 Å². The van der Waals surface area contributed by atoms with Gasteiger partial charge in [-0.25, -0.2) is 4.39 Å². The summed E-state index contributed by atoms with van der Waals surface area (Å²) in [7, 11) is 0. The van der Waals surface area contributed by atoms with Crippen molar-refractivity contribution in [2.24, 2.45) is 5.73 Å². The third kappa shape index (κ3) is 3.40. The first-order chi connectivity index (χ1) is 8.48. The van der Waals surface area contributed by atoms with Gasteiger partial charge in [-0.15, -0.1) is 11.3 Å². The predicted molar refractivity (Wildman–Crippen MR) is 78.4 cm³/mol. The molecule has 4 heteroatoms. The van der Waals surface area contributed by atoms with E-state index in [-0.39, 0.29) is 5.82 Å². The minimum atomic E-state index is -0.449. The minimum Gasteiger partial charge on any atom is -0.325 e. The molecule has 1 nitrogen and oxygen atoms in total. The number of halogens is 2. The van der Waals surface area contributed by atoms with Crippen LogP contribution in [0.3, 0.4) is 0 Å². The number of benzene rings is 1. The Morgan fingerprint density at radius 2 is 2.00 bits per heavy atom. The Kier molecular flexibility index (Phi) is 4.20. The number of thiophene rings is 1. The molecule has 0 amide bonds. The maximum Gasteiger partial charge on any atom is 0.126 e. The first-order valence-electron chi connectivity index (χ1n) is 5.72. The molecule has 0 bridgehead atoms. The van der Waals surface area contributed by atoms with E-state index >= 15 is 0 Å². The van der Waals surface area contributed by atoms with E-state index in [9.17, 15) is 4.39 Å². The van der Waals surface area contributed by atoms with Gasteiger partial charge in [-0.3, -0.25) is 0 Å². The van der Waals surface area contributed by atoms with Crippen LogP contribution in [0.25, 0.3) is 0 Å². The Morgan fingerprint density at radius 1 is 1.28 bits per heavy atom. The summed E-state index contributed by atoms with van der Waals surface area (Å²) in [6.07, 6.45) is 1.27. The van der Waals surface area contributed by atoms with Gasteiger partial charge in [0.05, 0.1) is 0 Å². The zero-order chi connectivity index (χ0) is 13.2. The monoisotopic (exact) mass is 327 g/mol. The van der Waals surface area contributed by atoms with Crippen LogP contribution in [0.5, 0.6) is 0 Å². The fourth-order valence-corrected chi connectivity index (χ4v) is 3.65. The number of hydrogen-bond donors (Lipinski definition) is 1. The van der Waals surface area contributed by atoms with Gasteiger partial charge in [-0.1, -0.05) is 18.2 Å². The van der Waals surface area contributed by atoms with E-state index in [1.807, 2.05) is 24.4 Å². The second-order valence-electron chi connectivity index (χ2n) is 4.79. The van der Waals surface area contributed by atoms with E-state index in [1.165, 1.54) is 10.9 Å². The van der Waals surface area contributed by atoms with Crippen LogP contribution >= 0.6 is 27.3 Å². The lowest BCUT2D eigenvalue weighted by molar-refractivity contribution is 0.453. The highest BCUT2D eigenvalue weighted by Gasteiger charge is 2.22. The lowest BCUT2D eigenvalue weighted by Crippen LogP contribution is -2.41. The molecule has 1 heterocycles. The van der Waals surface area contributed by atoms with E-state index in [0.717, 1.165) is 10.9 Å². The van der Waals surface area contributed by atoms with Gasteiger partial charge in [0, 0.05) is 21.3 Å². The maximum absolute atomic E-state index is 13.6. The summed E-state index contributed by atoms with van der Waals surface area (Å²) < 4.78 is 14.7. The van der Waals surface area contributed by atoms with Crippen molar-refractivity contribution in [3.8, 4) is 0 Å². The van der Waals surface area contributed by atoms with Crippen LogP contribution in [-0.2, 0) is 12.8 Å². The van der Waals surface area contributed by atoms with Crippen molar-refractivity contribution in [1.82, 2.24) is 0 Å². The molecule has 0 saturated carbocycles. The molecule has 2 aromatic rings. The summed E-state index contributed by atoms with van der Waals surface area (Å²) in [5.41, 5.74) is 6.52. The SMILES string of the molecule is CC(N)(Cc1ccccc1F)Cc1sccc1Br. The Bertz CT molecular complexity index is 536. The van der Waals surface area contributed by atoms with Gasteiger partial charge >= 0.3 is 0 Å². The summed E-state index contributed by atoms with van der Waals surface area (Å²) in [5, 5.41) is 2.03. The highest BCUT2D eigenvalue weighted by Crippen LogP contribution is 2.27. The van der Waals surface area contributed by atoms with E-state index in [4.69, 9.17) is 5.73 Å². The Balaban J connectivity index is 2.13. The third-order valence-electron chi connectivity index (χ3n) is 2.81. The van der Waals surface area contributed by atoms with Gasteiger partial charge < -0.3 is 5.73 Å².